The fraction of sp³-hybridized carbons (Fsp3) is 0.125. The van der Waals surface area contributed by atoms with Crippen molar-refractivity contribution in [1.82, 2.24) is 10.3 Å². The summed E-state index contributed by atoms with van der Waals surface area (Å²) >= 11 is 4.75. The number of carboxylic acid groups (broad SMARTS) is 1. The predicted octanol–water partition coefficient (Wildman–Crippen LogP) is 4.97. The minimum absolute atomic E-state index is 0.327. The Hall–Kier alpha value is -1.90. The molecule has 0 unspecified atom stereocenters. The lowest BCUT2D eigenvalue weighted by Crippen LogP contribution is -2.22. The normalized spacial score (nSPS) is 10.7. The zero-order chi connectivity index (χ0) is 16.9. The minimum Gasteiger partial charge on any atom is -0.465 e. The van der Waals surface area contributed by atoms with Gasteiger partial charge in [-0.15, -0.1) is 11.3 Å². The monoisotopic (exact) mass is 380 g/mol. The average molecular weight is 380 g/mol. The van der Waals surface area contributed by atoms with Gasteiger partial charge < -0.3 is 10.4 Å². The molecule has 0 aliphatic rings. The van der Waals surface area contributed by atoms with Crippen molar-refractivity contribution < 1.29 is 14.3 Å². The summed E-state index contributed by atoms with van der Waals surface area (Å²) in [6.45, 7) is 0.327. The molecule has 0 aliphatic heterocycles. The molecule has 0 atom stereocenters. The molecule has 124 valence electrons. The summed E-state index contributed by atoms with van der Waals surface area (Å²) in [5.41, 5.74) is 1.26. The van der Waals surface area contributed by atoms with Crippen molar-refractivity contribution >= 4 is 40.5 Å². The van der Waals surface area contributed by atoms with Crippen molar-refractivity contribution in [3.8, 4) is 11.1 Å². The van der Waals surface area contributed by atoms with Crippen LogP contribution in [0.25, 0.3) is 11.1 Å². The number of hydrogen-bond acceptors (Lipinski definition) is 5. The van der Waals surface area contributed by atoms with E-state index in [1.165, 1.54) is 6.20 Å². The van der Waals surface area contributed by atoms with E-state index in [1.807, 2.05) is 22.9 Å². The Morgan fingerprint density at radius 3 is 2.96 bits per heavy atom. The number of thiophene rings is 2. The molecule has 3 aromatic heterocycles. The molecule has 0 fully saturated rings. The van der Waals surface area contributed by atoms with Gasteiger partial charge in [-0.05, 0) is 36.1 Å². The molecule has 0 bridgehead atoms. The standard InChI is InChI=1S/C16H13FN2O2S3/c17-14-12(2-1-5-18-14)13-8-10(3-6-19-16(20)21)23-15(13)24-11-4-7-22-9-11/h1-2,4-5,7-9,19H,3,6H2,(H,20,21). The summed E-state index contributed by atoms with van der Waals surface area (Å²) in [4.78, 5) is 16.4. The molecule has 0 spiro atoms. The number of halogens is 1. The van der Waals surface area contributed by atoms with Gasteiger partial charge in [-0.3, -0.25) is 0 Å². The largest absolute Gasteiger partial charge is 0.465 e. The lowest BCUT2D eigenvalue weighted by Gasteiger charge is -2.03. The summed E-state index contributed by atoms with van der Waals surface area (Å²) in [7, 11) is 0. The van der Waals surface area contributed by atoms with Gasteiger partial charge in [0, 0.05) is 39.0 Å². The van der Waals surface area contributed by atoms with Crippen LogP contribution in [0.4, 0.5) is 9.18 Å². The highest BCUT2D eigenvalue weighted by atomic mass is 32.2. The first-order chi connectivity index (χ1) is 11.6. The van der Waals surface area contributed by atoms with Crippen molar-refractivity contribution in [2.24, 2.45) is 0 Å². The second-order valence-electron chi connectivity index (χ2n) is 4.80. The predicted molar refractivity (Wildman–Crippen MR) is 95.7 cm³/mol. The molecule has 0 aromatic carbocycles. The molecule has 1 amide bonds. The van der Waals surface area contributed by atoms with Crippen LogP contribution in [-0.2, 0) is 6.42 Å². The zero-order valence-electron chi connectivity index (χ0n) is 12.4. The molecular weight excluding hydrogens is 367 g/mol. The van der Waals surface area contributed by atoms with E-state index in [1.54, 1.807) is 46.6 Å². The summed E-state index contributed by atoms with van der Waals surface area (Å²) in [5, 5.41) is 15.1. The quantitative estimate of drug-likeness (QED) is 0.593. The lowest BCUT2D eigenvalue weighted by molar-refractivity contribution is 0.194. The van der Waals surface area contributed by atoms with Crippen LogP contribution in [0.1, 0.15) is 4.88 Å². The van der Waals surface area contributed by atoms with Gasteiger partial charge >= 0.3 is 6.09 Å². The maximum Gasteiger partial charge on any atom is 0.404 e. The van der Waals surface area contributed by atoms with E-state index in [0.717, 1.165) is 19.5 Å². The number of hydrogen-bond donors (Lipinski definition) is 2. The first kappa shape index (κ1) is 16.9. The average Bonchev–Trinajstić information content (AvgIpc) is 3.18. The van der Waals surface area contributed by atoms with Crippen LogP contribution in [0.15, 0.2) is 50.3 Å². The molecule has 0 saturated heterocycles. The van der Waals surface area contributed by atoms with Gasteiger partial charge in [0.15, 0.2) is 0 Å². The molecule has 3 aromatic rings. The number of carbonyl (C=O) groups is 1. The summed E-state index contributed by atoms with van der Waals surface area (Å²) < 4.78 is 15.1. The van der Waals surface area contributed by atoms with Crippen LogP contribution in [0.5, 0.6) is 0 Å². The molecule has 2 N–H and O–H groups in total. The van der Waals surface area contributed by atoms with Gasteiger partial charge in [-0.1, -0.05) is 11.8 Å². The molecule has 3 rings (SSSR count). The van der Waals surface area contributed by atoms with Crippen molar-refractivity contribution in [3.63, 3.8) is 0 Å². The molecule has 3 heterocycles. The molecule has 4 nitrogen and oxygen atoms in total. The van der Waals surface area contributed by atoms with E-state index in [9.17, 15) is 9.18 Å². The molecule has 0 radical (unpaired) electrons. The molecule has 0 aliphatic carbocycles. The van der Waals surface area contributed by atoms with Crippen LogP contribution in [0.2, 0.25) is 0 Å². The van der Waals surface area contributed by atoms with Gasteiger partial charge in [0.05, 0.1) is 4.21 Å². The number of rotatable bonds is 6. The Balaban J connectivity index is 1.90. The maximum absolute atomic E-state index is 14.1. The first-order valence-corrected chi connectivity index (χ1v) is 9.61. The highest BCUT2D eigenvalue weighted by molar-refractivity contribution is 8.01. The second kappa shape index (κ2) is 7.78. The zero-order valence-corrected chi connectivity index (χ0v) is 14.8. The summed E-state index contributed by atoms with van der Waals surface area (Å²) in [6.07, 6.45) is 0.947. The maximum atomic E-state index is 14.1. The molecule has 24 heavy (non-hydrogen) atoms. The topological polar surface area (TPSA) is 62.2 Å². The van der Waals surface area contributed by atoms with E-state index in [2.05, 4.69) is 10.3 Å². The number of pyridine rings is 1. The minimum atomic E-state index is -1.04. The van der Waals surface area contributed by atoms with E-state index in [0.29, 0.717) is 18.5 Å². The summed E-state index contributed by atoms with van der Waals surface area (Å²) in [5.74, 6) is -0.502. The van der Waals surface area contributed by atoms with Gasteiger partial charge in [0.25, 0.3) is 0 Å². The van der Waals surface area contributed by atoms with E-state index in [4.69, 9.17) is 5.11 Å². The van der Waals surface area contributed by atoms with E-state index in [-0.39, 0.29) is 0 Å². The van der Waals surface area contributed by atoms with E-state index < -0.39 is 12.0 Å². The van der Waals surface area contributed by atoms with Gasteiger partial charge in [0.1, 0.15) is 0 Å². The van der Waals surface area contributed by atoms with Gasteiger partial charge in [-0.2, -0.15) is 15.7 Å². The Morgan fingerprint density at radius 2 is 2.25 bits per heavy atom. The second-order valence-corrected chi connectivity index (χ2v) is 8.06. The first-order valence-electron chi connectivity index (χ1n) is 7.04. The third kappa shape index (κ3) is 4.14. The summed E-state index contributed by atoms with van der Waals surface area (Å²) in [6, 6.07) is 7.36. The molecule has 8 heteroatoms. The Labute approximate surface area is 150 Å². The Bertz CT molecular complexity index is 834. The van der Waals surface area contributed by atoms with Crippen LogP contribution in [0, 0.1) is 5.95 Å². The third-order valence-corrected chi connectivity index (χ3v) is 6.37. The van der Waals surface area contributed by atoms with Crippen molar-refractivity contribution in [1.29, 1.82) is 0 Å². The number of aromatic nitrogens is 1. The van der Waals surface area contributed by atoms with Crippen LogP contribution >= 0.6 is 34.4 Å². The highest BCUT2D eigenvalue weighted by Crippen LogP contribution is 2.43. The van der Waals surface area contributed by atoms with Gasteiger partial charge in [-0.25, -0.2) is 9.78 Å². The lowest BCUT2D eigenvalue weighted by atomic mass is 10.1. The molecular formula is C16H13FN2O2S3. The van der Waals surface area contributed by atoms with Crippen molar-refractivity contribution in [2.75, 3.05) is 6.54 Å². The fourth-order valence-electron chi connectivity index (χ4n) is 2.11. The Morgan fingerprint density at radius 1 is 1.38 bits per heavy atom. The highest BCUT2D eigenvalue weighted by Gasteiger charge is 2.16. The number of amides is 1. The molecule has 0 saturated carbocycles. The van der Waals surface area contributed by atoms with Crippen molar-refractivity contribution in [3.05, 3.63) is 52.0 Å². The SMILES string of the molecule is O=C(O)NCCc1cc(-c2cccnc2F)c(Sc2ccsc2)s1. The number of nitrogens with zero attached hydrogens (tertiary/aromatic N) is 1. The fourth-order valence-corrected chi connectivity index (χ4v) is 5.37. The van der Waals surface area contributed by atoms with E-state index >= 15 is 0 Å². The van der Waals surface area contributed by atoms with Crippen LogP contribution in [-0.4, -0.2) is 22.7 Å². The Kier molecular flexibility index (Phi) is 5.49. The van der Waals surface area contributed by atoms with Gasteiger partial charge in [0.2, 0.25) is 5.95 Å². The van der Waals surface area contributed by atoms with Crippen LogP contribution < -0.4 is 5.32 Å². The number of nitrogens with one attached hydrogen (secondary N) is 1. The van der Waals surface area contributed by atoms with Crippen LogP contribution in [0.3, 0.4) is 0 Å². The smallest absolute Gasteiger partial charge is 0.404 e. The van der Waals surface area contributed by atoms with Crippen molar-refractivity contribution in [2.45, 2.75) is 15.5 Å². The third-order valence-electron chi connectivity index (χ3n) is 3.15.